The molecule has 2 rings (SSSR count). The van der Waals surface area contributed by atoms with Gasteiger partial charge in [0, 0.05) is 42.4 Å². The number of hydrogen-bond donors (Lipinski definition) is 1. The number of piperazine rings is 1. The molecule has 0 bridgehead atoms. The fourth-order valence-corrected chi connectivity index (χ4v) is 3.24. The summed E-state index contributed by atoms with van der Waals surface area (Å²) in [4.78, 5) is 16.8. The van der Waals surface area contributed by atoms with Crippen LogP contribution in [0.15, 0.2) is 12.1 Å². The van der Waals surface area contributed by atoms with Gasteiger partial charge >= 0.3 is 0 Å². The van der Waals surface area contributed by atoms with Crippen molar-refractivity contribution in [2.45, 2.75) is 32.6 Å². The predicted molar refractivity (Wildman–Crippen MR) is 76.2 cm³/mol. The van der Waals surface area contributed by atoms with Crippen LogP contribution in [-0.2, 0) is 4.79 Å². The average Bonchev–Trinajstić information content (AvgIpc) is 2.83. The molecule has 0 radical (unpaired) electrons. The Labute approximate surface area is 113 Å². The molecule has 1 unspecified atom stereocenters. The zero-order chi connectivity index (χ0) is 13.0. The highest BCUT2D eigenvalue weighted by Gasteiger charge is 2.17. The summed E-state index contributed by atoms with van der Waals surface area (Å²) in [6, 6.07) is 4.36. The maximum absolute atomic E-state index is 12.0. The summed E-state index contributed by atoms with van der Waals surface area (Å²) in [7, 11) is 0. The number of thiophene rings is 1. The molecule has 0 saturated carbocycles. The van der Waals surface area contributed by atoms with E-state index in [1.54, 1.807) is 0 Å². The minimum atomic E-state index is 0.316. The zero-order valence-electron chi connectivity index (χ0n) is 11.2. The Balaban J connectivity index is 1.78. The van der Waals surface area contributed by atoms with Crippen molar-refractivity contribution < 1.29 is 4.79 Å². The number of amides is 1. The van der Waals surface area contributed by atoms with Crippen molar-refractivity contribution in [2.75, 3.05) is 26.2 Å². The first-order valence-electron chi connectivity index (χ1n) is 6.71. The molecule has 3 nitrogen and oxygen atoms in total. The van der Waals surface area contributed by atoms with E-state index in [9.17, 15) is 4.79 Å². The van der Waals surface area contributed by atoms with Crippen molar-refractivity contribution in [3.8, 4) is 0 Å². The molecule has 1 fully saturated rings. The molecule has 1 aromatic heterocycles. The molecule has 1 aromatic rings. The third-order valence-corrected chi connectivity index (χ3v) is 4.74. The molecular formula is C14H22N2OS. The lowest BCUT2D eigenvalue weighted by Gasteiger charge is -2.27. The van der Waals surface area contributed by atoms with Gasteiger partial charge in [-0.2, -0.15) is 0 Å². The SMILES string of the molecule is Cc1ccc(C(C)CCC(=O)N2CCNCC2)s1. The Morgan fingerprint density at radius 3 is 2.78 bits per heavy atom. The minimum Gasteiger partial charge on any atom is -0.340 e. The van der Waals surface area contributed by atoms with Gasteiger partial charge in [0.05, 0.1) is 0 Å². The molecule has 1 aliphatic rings. The number of nitrogens with zero attached hydrogens (tertiary/aromatic N) is 1. The molecule has 4 heteroatoms. The molecular weight excluding hydrogens is 244 g/mol. The largest absolute Gasteiger partial charge is 0.340 e. The van der Waals surface area contributed by atoms with E-state index in [1.807, 2.05) is 16.2 Å². The van der Waals surface area contributed by atoms with Gasteiger partial charge in [-0.05, 0) is 31.4 Å². The Morgan fingerprint density at radius 2 is 2.17 bits per heavy atom. The van der Waals surface area contributed by atoms with Crippen molar-refractivity contribution in [3.63, 3.8) is 0 Å². The summed E-state index contributed by atoms with van der Waals surface area (Å²) in [6.07, 6.45) is 1.64. The van der Waals surface area contributed by atoms with Crippen LogP contribution in [-0.4, -0.2) is 37.0 Å². The maximum Gasteiger partial charge on any atom is 0.222 e. The van der Waals surface area contributed by atoms with Crippen molar-refractivity contribution in [2.24, 2.45) is 0 Å². The molecule has 0 spiro atoms. The molecule has 1 amide bonds. The summed E-state index contributed by atoms with van der Waals surface area (Å²) < 4.78 is 0. The summed E-state index contributed by atoms with van der Waals surface area (Å²) >= 11 is 1.85. The van der Waals surface area contributed by atoms with Gasteiger partial charge in [-0.3, -0.25) is 4.79 Å². The van der Waals surface area contributed by atoms with Crippen LogP contribution in [0, 0.1) is 6.92 Å². The highest BCUT2D eigenvalue weighted by molar-refractivity contribution is 7.12. The fraction of sp³-hybridized carbons (Fsp3) is 0.643. The molecule has 1 atom stereocenters. The molecule has 100 valence electrons. The lowest BCUT2D eigenvalue weighted by molar-refractivity contribution is -0.131. The first kappa shape index (κ1) is 13.6. The summed E-state index contributed by atoms with van der Waals surface area (Å²) in [5, 5.41) is 3.27. The Kier molecular flexibility index (Phi) is 4.78. The third kappa shape index (κ3) is 3.56. The smallest absolute Gasteiger partial charge is 0.222 e. The Hall–Kier alpha value is -0.870. The van der Waals surface area contributed by atoms with Gasteiger partial charge in [0.1, 0.15) is 0 Å². The summed E-state index contributed by atoms with van der Waals surface area (Å²) in [5.41, 5.74) is 0. The van der Waals surface area contributed by atoms with Crippen LogP contribution in [0.2, 0.25) is 0 Å². The standard InChI is InChI=1S/C14H22N2OS/c1-11(13-5-4-12(2)18-13)3-6-14(17)16-9-7-15-8-10-16/h4-5,11,15H,3,6-10H2,1-2H3. The Morgan fingerprint density at radius 1 is 1.44 bits per heavy atom. The van der Waals surface area contributed by atoms with Crippen molar-refractivity contribution in [3.05, 3.63) is 21.9 Å². The number of aryl methyl sites for hydroxylation is 1. The van der Waals surface area contributed by atoms with Crippen molar-refractivity contribution >= 4 is 17.2 Å². The van der Waals surface area contributed by atoms with Crippen LogP contribution in [0.1, 0.15) is 35.4 Å². The normalized spacial score (nSPS) is 17.8. The summed E-state index contributed by atoms with van der Waals surface area (Å²) in [5.74, 6) is 0.812. The van der Waals surface area contributed by atoms with Crippen LogP contribution in [0.4, 0.5) is 0 Å². The number of hydrogen-bond acceptors (Lipinski definition) is 3. The zero-order valence-corrected chi connectivity index (χ0v) is 12.1. The third-order valence-electron chi connectivity index (χ3n) is 3.51. The van der Waals surface area contributed by atoms with Gasteiger partial charge in [0.2, 0.25) is 5.91 Å². The van der Waals surface area contributed by atoms with Gasteiger partial charge in [-0.15, -0.1) is 11.3 Å². The Bertz CT molecular complexity index is 396. The van der Waals surface area contributed by atoms with Crippen molar-refractivity contribution in [1.82, 2.24) is 10.2 Å². The van der Waals surface area contributed by atoms with E-state index in [4.69, 9.17) is 0 Å². The van der Waals surface area contributed by atoms with Crippen LogP contribution < -0.4 is 5.32 Å². The highest BCUT2D eigenvalue weighted by Crippen LogP contribution is 2.27. The molecule has 2 heterocycles. The first-order valence-corrected chi connectivity index (χ1v) is 7.53. The molecule has 0 aliphatic carbocycles. The van der Waals surface area contributed by atoms with Crippen LogP contribution in [0.5, 0.6) is 0 Å². The number of carbonyl (C=O) groups excluding carboxylic acids is 1. The van der Waals surface area contributed by atoms with Gasteiger partial charge in [0.15, 0.2) is 0 Å². The maximum atomic E-state index is 12.0. The second kappa shape index (κ2) is 6.34. The van der Waals surface area contributed by atoms with E-state index in [1.165, 1.54) is 9.75 Å². The molecule has 0 aromatic carbocycles. The molecule has 1 aliphatic heterocycles. The predicted octanol–water partition coefficient (Wildman–Crippen LogP) is 2.37. The van der Waals surface area contributed by atoms with Gasteiger partial charge in [0.25, 0.3) is 0 Å². The number of nitrogens with one attached hydrogen (secondary N) is 1. The highest BCUT2D eigenvalue weighted by atomic mass is 32.1. The van der Waals surface area contributed by atoms with Crippen LogP contribution >= 0.6 is 11.3 Å². The van der Waals surface area contributed by atoms with Crippen LogP contribution in [0.3, 0.4) is 0 Å². The van der Waals surface area contributed by atoms with E-state index in [0.717, 1.165) is 32.6 Å². The fourth-order valence-electron chi connectivity index (χ4n) is 2.27. The average molecular weight is 266 g/mol. The number of carbonyl (C=O) groups is 1. The van der Waals surface area contributed by atoms with Crippen LogP contribution in [0.25, 0.3) is 0 Å². The van der Waals surface area contributed by atoms with E-state index >= 15 is 0 Å². The van der Waals surface area contributed by atoms with Gasteiger partial charge in [-0.25, -0.2) is 0 Å². The second-order valence-electron chi connectivity index (χ2n) is 5.02. The quantitative estimate of drug-likeness (QED) is 0.907. The van der Waals surface area contributed by atoms with Gasteiger partial charge < -0.3 is 10.2 Å². The molecule has 1 N–H and O–H groups in total. The monoisotopic (exact) mass is 266 g/mol. The molecule has 18 heavy (non-hydrogen) atoms. The lowest BCUT2D eigenvalue weighted by Crippen LogP contribution is -2.46. The van der Waals surface area contributed by atoms with E-state index in [-0.39, 0.29) is 0 Å². The van der Waals surface area contributed by atoms with Gasteiger partial charge in [-0.1, -0.05) is 6.92 Å². The van der Waals surface area contributed by atoms with E-state index < -0.39 is 0 Å². The first-order chi connectivity index (χ1) is 8.66. The topological polar surface area (TPSA) is 32.3 Å². The van der Waals surface area contributed by atoms with E-state index in [2.05, 4.69) is 31.3 Å². The number of rotatable bonds is 4. The molecule has 1 saturated heterocycles. The van der Waals surface area contributed by atoms with E-state index in [0.29, 0.717) is 18.2 Å². The lowest BCUT2D eigenvalue weighted by atomic mass is 10.0. The summed E-state index contributed by atoms with van der Waals surface area (Å²) in [6.45, 7) is 7.95. The second-order valence-corrected chi connectivity index (χ2v) is 6.34. The minimum absolute atomic E-state index is 0.316. The van der Waals surface area contributed by atoms with Crippen molar-refractivity contribution in [1.29, 1.82) is 0 Å².